The number of morpholine rings is 1. The number of nitrogens with zero attached hydrogens (tertiary/aromatic N) is 4. The highest BCUT2D eigenvalue weighted by atomic mass is 32.1. The molecular weight excluding hydrogens is 521 g/mol. The number of ether oxygens (including phenoxy) is 2. The van der Waals surface area contributed by atoms with Gasteiger partial charge in [0.1, 0.15) is 5.75 Å². The van der Waals surface area contributed by atoms with E-state index in [1.165, 1.54) is 24.5 Å². The molecule has 2 aromatic heterocycles. The fourth-order valence-electron chi connectivity index (χ4n) is 3.59. The summed E-state index contributed by atoms with van der Waals surface area (Å²) >= 11 is 1.61. The Kier molecular flexibility index (Phi) is 7.38. The van der Waals surface area contributed by atoms with E-state index in [0.29, 0.717) is 19.0 Å². The number of anilines is 3. The third kappa shape index (κ3) is 6.36. The summed E-state index contributed by atoms with van der Waals surface area (Å²) < 4.78 is 49.6. The molecule has 0 radical (unpaired) electrons. The number of hydrogen-bond donors (Lipinski definition) is 2. The maximum atomic E-state index is 12.8. The molecule has 3 heterocycles. The van der Waals surface area contributed by atoms with Gasteiger partial charge in [0.15, 0.2) is 5.13 Å². The SMILES string of the molecule is O=C(Nc1cnc(Oc2ccc(-c3cnc(N4CCOCC4)s3)cc2)nc1)Nc1cccc(C(F)(F)F)c1. The van der Waals surface area contributed by atoms with Crippen LogP contribution in [0, 0.1) is 0 Å². The first kappa shape index (κ1) is 25.4. The van der Waals surface area contributed by atoms with E-state index in [0.717, 1.165) is 40.8 Å². The highest BCUT2D eigenvalue weighted by Gasteiger charge is 2.30. The zero-order valence-electron chi connectivity index (χ0n) is 19.7. The van der Waals surface area contributed by atoms with Crippen molar-refractivity contribution in [1.82, 2.24) is 15.0 Å². The Morgan fingerprint density at radius 1 is 0.947 bits per heavy atom. The summed E-state index contributed by atoms with van der Waals surface area (Å²) in [6, 6.07) is 11.1. The lowest BCUT2D eigenvalue weighted by atomic mass is 10.2. The van der Waals surface area contributed by atoms with Crippen LogP contribution < -0.4 is 20.3 Å². The Labute approximate surface area is 219 Å². The number of benzene rings is 2. The minimum Gasteiger partial charge on any atom is -0.424 e. The van der Waals surface area contributed by atoms with Crippen molar-refractivity contribution >= 4 is 33.9 Å². The van der Waals surface area contributed by atoms with E-state index in [9.17, 15) is 18.0 Å². The van der Waals surface area contributed by atoms with Crippen molar-refractivity contribution in [2.45, 2.75) is 6.18 Å². The molecule has 1 aliphatic heterocycles. The second-order valence-corrected chi connectivity index (χ2v) is 9.15. The molecule has 13 heteroatoms. The summed E-state index contributed by atoms with van der Waals surface area (Å²) in [4.78, 5) is 28.1. The van der Waals surface area contributed by atoms with Gasteiger partial charge in [-0.05, 0) is 48.0 Å². The molecule has 0 unspecified atom stereocenters. The molecule has 0 saturated carbocycles. The Bertz CT molecular complexity index is 1390. The molecule has 2 N–H and O–H groups in total. The minimum absolute atomic E-state index is 0.00251. The van der Waals surface area contributed by atoms with Gasteiger partial charge in [-0.3, -0.25) is 0 Å². The van der Waals surface area contributed by atoms with Gasteiger partial charge in [-0.1, -0.05) is 17.4 Å². The Morgan fingerprint density at radius 3 is 2.37 bits per heavy atom. The lowest BCUT2D eigenvalue weighted by molar-refractivity contribution is -0.137. The summed E-state index contributed by atoms with van der Waals surface area (Å²) in [7, 11) is 0. The molecule has 0 aliphatic carbocycles. The number of thiazole rings is 1. The Balaban J connectivity index is 1.15. The highest BCUT2D eigenvalue weighted by molar-refractivity contribution is 7.18. The summed E-state index contributed by atoms with van der Waals surface area (Å²) in [6.45, 7) is 3.06. The number of halogens is 3. The molecule has 1 fully saturated rings. The van der Waals surface area contributed by atoms with Crippen LogP contribution in [0.2, 0.25) is 0 Å². The average Bonchev–Trinajstić information content (AvgIpc) is 3.41. The lowest BCUT2D eigenvalue weighted by Gasteiger charge is -2.25. The maximum Gasteiger partial charge on any atom is 0.416 e. The van der Waals surface area contributed by atoms with E-state index in [-0.39, 0.29) is 17.4 Å². The molecule has 38 heavy (non-hydrogen) atoms. The van der Waals surface area contributed by atoms with E-state index in [1.807, 2.05) is 18.3 Å². The van der Waals surface area contributed by atoms with E-state index >= 15 is 0 Å². The smallest absolute Gasteiger partial charge is 0.416 e. The molecule has 5 rings (SSSR count). The van der Waals surface area contributed by atoms with Gasteiger partial charge in [0, 0.05) is 25.0 Å². The summed E-state index contributed by atoms with van der Waals surface area (Å²) in [5.74, 6) is 0.523. The van der Waals surface area contributed by atoms with Gasteiger partial charge in [0.05, 0.1) is 41.7 Å². The molecule has 2 aromatic carbocycles. The number of nitrogens with one attached hydrogen (secondary N) is 2. The van der Waals surface area contributed by atoms with Crippen LogP contribution in [-0.2, 0) is 10.9 Å². The first-order chi connectivity index (χ1) is 18.3. The van der Waals surface area contributed by atoms with Crippen LogP contribution in [-0.4, -0.2) is 47.3 Å². The Morgan fingerprint density at radius 2 is 1.66 bits per heavy atom. The van der Waals surface area contributed by atoms with Crippen molar-refractivity contribution in [2.24, 2.45) is 0 Å². The number of carbonyl (C=O) groups is 1. The predicted molar refractivity (Wildman–Crippen MR) is 137 cm³/mol. The van der Waals surface area contributed by atoms with Gasteiger partial charge in [-0.15, -0.1) is 0 Å². The predicted octanol–water partition coefficient (Wildman–Crippen LogP) is 5.89. The molecule has 1 saturated heterocycles. The third-order valence-corrected chi connectivity index (χ3v) is 6.56. The van der Waals surface area contributed by atoms with Gasteiger partial charge < -0.3 is 25.0 Å². The van der Waals surface area contributed by atoms with Crippen LogP contribution in [0.15, 0.2) is 67.1 Å². The van der Waals surface area contributed by atoms with Crippen LogP contribution in [0.3, 0.4) is 0 Å². The topological polar surface area (TPSA) is 102 Å². The molecule has 2 amide bonds. The first-order valence-corrected chi connectivity index (χ1v) is 12.3. The maximum absolute atomic E-state index is 12.8. The van der Waals surface area contributed by atoms with Gasteiger partial charge in [0.25, 0.3) is 0 Å². The van der Waals surface area contributed by atoms with Crippen molar-refractivity contribution in [3.63, 3.8) is 0 Å². The zero-order valence-corrected chi connectivity index (χ0v) is 20.6. The molecule has 196 valence electrons. The third-order valence-electron chi connectivity index (χ3n) is 5.46. The summed E-state index contributed by atoms with van der Waals surface area (Å²) in [5.41, 5.74) is 0.371. The average molecular weight is 543 g/mol. The molecule has 4 aromatic rings. The highest BCUT2D eigenvalue weighted by Crippen LogP contribution is 2.33. The van der Waals surface area contributed by atoms with Crippen LogP contribution in [0.5, 0.6) is 11.8 Å². The molecule has 0 spiro atoms. The fraction of sp³-hybridized carbons (Fsp3) is 0.200. The number of aromatic nitrogens is 3. The molecular formula is C25H21F3N6O3S. The summed E-state index contributed by atoms with van der Waals surface area (Å²) in [5, 5.41) is 5.78. The largest absolute Gasteiger partial charge is 0.424 e. The van der Waals surface area contributed by atoms with E-state index < -0.39 is 17.8 Å². The molecule has 0 atom stereocenters. The lowest BCUT2D eigenvalue weighted by Crippen LogP contribution is -2.36. The standard InChI is InChI=1S/C25H21F3N6O3S/c26-25(27,28)17-2-1-3-18(12-17)32-22(35)33-19-13-29-23(30-14-19)37-20-6-4-16(5-7-20)21-15-31-24(38-21)34-8-10-36-11-9-34/h1-7,12-15H,8-11H2,(H2,32,33,35). The zero-order chi connectivity index (χ0) is 26.5. The van der Waals surface area contributed by atoms with E-state index in [1.54, 1.807) is 23.5 Å². The van der Waals surface area contributed by atoms with Crippen molar-refractivity contribution in [2.75, 3.05) is 41.8 Å². The number of alkyl halides is 3. The van der Waals surface area contributed by atoms with Crippen molar-refractivity contribution in [1.29, 1.82) is 0 Å². The molecule has 1 aliphatic rings. The monoisotopic (exact) mass is 542 g/mol. The van der Waals surface area contributed by atoms with E-state index in [2.05, 4.69) is 30.5 Å². The van der Waals surface area contributed by atoms with Gasteiger partial charge in [-0.2, -0.15) is 13.2 Å². The fourth-order valence-corrected chi connectivity index (χ4v) is 4.57. The number of carbonyl (C=O) groups excluding carboxylic acids is 1. The first-order valence-electron chi connectivity index (χ1n) is 11.5. The number of rotatable bonds is 6. The molecule has 9 nitrogen and oxygen atoms in total. The van der Waals surface area contributed by atoms with E-state index in [4.69, 9.17) is 9.47 Å². The number of hydrogen-bond acceptors (Lipinski definition) is 8. The summed E-state index contributed by atoms with van der Waals surface area (Å²) in [6.07, 6.45) is -0.00493. The van der Waals surface area contributed by atoms with Gasteiger partial charge in [-0.25, -0.2) is 19.7 Å². The van der Waals surface area contributed by atoms with Crippen molar-refractivity contribution < 1.29 is 27.4 Å². The normalized spacial score (nSPS) is 13.7. The quantitative estimate of drug-likeness (QED) is 0.313. The van der Waals surface area contributed by atoms with Crippen LogP contribution in [0.4, 0.5) is 34.5 Å². The van der Waals surface area contributed by atoms with Crippen molar-refractivity contribution in [3.05, 3.63) is 72.7 Å². The van der Waals surface area contributed by atoms with Gasteiger partial charge in [0.2, 0.25) is 0 Å². The molecule has 0 bridgehead atoms. The van der Waals surface area contributed by atoms with Crippen molar-refractivity contribution in [3.8, 4) is 22.2 Å². The van der Waals surface area contributed by atoms with Crippen LogP contribution in [0.1, 0.15) is 5.56 Å². The minimum atomic E-state index is -4.51. The number of amides is 2. The second-order valence-electron chi connectivity index (χ2n) is 8.14. The van der Waals surface area contributed by atoms with Gasteiger partial charge >= 0.3 is 18.2 Å². The van der Waals surface area contributed by atoms with Crippen LogP contribution >= 0.6 is 11.3 Å². The number of urea groups is 1. The van der Waals surface area contributed by atoms with Crippen LogP contribution in [0.25, 0.3) is 10.4 Å². The second kappa shape index (κ2) is 11.0. The Hall–Kier alpha value is -4.23.